The third-order valence-corrected chi connectivity index (χ3v) is 13.0. The number of ether oxygens (including phenoxy) is 2. The van der Waals surface area contributed by atoms with Crippen LogP contribution < -0.4 is 10.6 Å². The highest BCUT2D eigenvalue weighted by Crippen LogP contribution is 2.38. The van der Waals surface area contributed by atoms with Crippen molar-refractivity contribution in [2.45, 2.75) is 22.2 Å². The molecule has 2 aromatic rings. The molecule has 0 aromatic heterocycles. The minimum absolute atomic E-state index is 0.00238. The first-order valence-electron chi connectivity index (χ1n) is 13.6. The van der Waals surface area contributed by atoms with E-state index in [2.05, 4.69) is 20.0 Å². The van der Waals surface area contributed by atoms with Gasteiger partial charge in [0.15, 0.2) is 6.29 Å². The van der Waals surface area contributed by atoms with E-state index in [0.717, 1.165) is 0 Å². The number of benzene rings is 2. The third-order valence-electron chi connectivity index (χ3n) is 6.62. The number of hydrogen-bond donors (Lipinski definition) is 6. The van der Waals surface area contributed by atoms with Gasteiger partial charge in [0.05, 0.1) is 31.3 Å². The van der Waals surface area contributed by atoms with Crippen molar-refractivity contribution in [1.29, 1.82) is 0 Å². The first-order valence-corrected chi connectivity index (χ1v) is 19.6. The van der Waals surface area contributed by atoms with Gasteiger partial charge in [-0.1, -0.05) is 17.2 Å². The van der Waals surface area contributed by atoms with E-state index < -0.39 is 45.0 Å². The zero-order chi connectivity index (χ0) is 35.1. The number of anilines is 2. The van der Waals surface area contributed by atoms with Crippen LogP contribution >= 0.6 is 12.0 Å². The maximum absolute atomic E-state index is 12.5. The van der Waals surface area contributed by atoms with Gasteiger partial charge in [-0.05, 0) is 29.8 Å². The molecular weight excluding hydrogens is 705 g/mol. The molecule has 0 spiro atoms. The molecule has 0 radical (unpaired) electrons. The number of aliphatic hydroxyl groups is 2. The monoisotopic (exact) mass is 746 g/mol. The minimum Gasteiger partial charge on any atom is -0.389 e. The third kappa shape index (κ3) is 12.6. The normalized spacial score (nSPS) is 13.8. The number of hydrogen-bond acceptors (Lipinski definition) is 18. The lowest BCUT2D eigenvalue weighted by atomic mass is 10.0. The van der Waals surface area contributed by atoms with Crippen LogP contribution in [-0.2, 0) is 55.5 Å². The highest BCUT2D eigenvalue weighted by Gasteiger charge is 2.40. The molecule has 0 heterocycles. The van der Waals surface area contributed by atoms with E-state index in [0.29, 0.717) is 17.7 Å². The Balaban J connectivity index is 2.20. The van der Waals surface area contributed by atoms with Gasteiger partial charge in [-0.25, -0.2) is 5.26 Å². The van der Waals surface area contributed by atoms with Crippen molar-refractivity contribution in [2.24, 2.45) is 0 Å². The fourth-order valence-corrected chi connectivity index (χ4v) is 7.72. The van der Waals surface area contributed by atoms with Gasteiger partial charge < -0.3 is 56.9 Å². The number of rotatable bonds is 24. The Morgan fingerprint density at radius 2 is 1.32 bits per heavy atom. The molecular formula is C25H42N2O16S2Si2. The average Bonchev–Trinajstić information content (AvgIpc) is 3.08. The predicted molar refractivity (Wildman–Crippen MR) is 172 cm³/mol. The summed E-state index contributed by atoms with van der Waals surface area (Å²) in [6.45, 7) is -0.214. The van der Waals surface area contributed by atoms with E-state index in [-0.39, 0.29) is 53.9 Å². The molecule has 0 amide bonds. The fourth-order valence-electron chi connectivity index (χ4n) is 3.97. The molecule has 0 fully saturated rings. The van der Waals surface area contributed by atoms with E-state index >= 15 is 0 Å². The summed E-state index contributed by atoms with van der Waals surface area (Å²) in [5, 5.41) is 39.0. The molecule has 2 aromatic carbocycles. The molecule has 18 nitrogen and oxygen atoms in total. The molecule has 0 aliphatic carbocycles. The number of nitrogens with one attached hydrogen (secondary N) is 2. The van der Waals surface area contributed by atoms with Gasteiger partial charge in [-0.15, -0.1) is 4.33 Å². The van der Waals surface area contributed by atoms with Crippen molar-refractivity contribution in [3.63, 3.8) is 0 Å². The predicted octanol–water partition coefficient (Wildman–Crippen LogP) is 1.40. The van der Waals surface area contributed by atoms with Gasteiger partial charge >= 0.3 is 17.6 Å². The van der Waals surface area contributed by atoms with Gasteiger partial charge in [0.2, 0.25) is 0 Å². The van der Waals surface area contributed by atoms with Crippen molar-refractivity contribution in [2.75, 3.05) is 85.4 Å². The lowest BCUT2D eigenvalue weighted by Gasteiger charge is -2.25. The van der Waals surface area contributed by atoms with Crippen LogP contribution in [0, 0.1) is 0 Å². The smallest absolute Gasteiger partial charge is 0.389 e. The summed E-state index contributed by atoms with van der Waals surface area (Å²) in [6.07, 6.45) is -2.41. The van der Waals surface area contributed by atoms with Crippen LogP contribution in [0.25, 0.3) is 11.1 Å². The molecule has 0 aliphatic heterocycles. The van der Waals surface area contributed by atoms with Crippen molar-refractivity contribution in [3.8, 4) is 11.1 Å². The summed E-state index contributed by atoms with van der Waals surface area (Å²) in [6, 6.07) is 8.80. The molecule has 268 valence electrons. The molecule has 2 unspecified atom stereocenters. The van der Waals surface area contributed by atoms with Crippen LogP contribution in [0.3, 0.4) is 0 Å². The van der Waals surface area contributed by atoms with Gasteiger partial charge in [0.25, 0.3) is 10.1 Å². The van der Waals surface area contributed by atoms with Crippen molar-refractivity contribution < 1.29 is 73.8 Å². The maximum Gasteiger partial charge on any atom is 0.527 e. The van der Waals surface area contributed by atoms with Crippen LogP contribution in [0.15, 0.2) is 46.2 Å². The van der Waals surface area contributed by atoms with Crippen LogP contribution in [0.1, 0.15) is 0 Å². The molecule has 0 saturated heterocycles. The summed E-state index contributed by atoms with van der Waals surface area (Å²) in [4.78, 5) is -0.201. The lowest BCUT2D eigenvalue weighted by Crippen LogP contribution is -2.49. The molecule has 2 rings (SSSR count). The fraction of sp³-hybridized carbons (Fsp3) is 0.520. The zero-order valence-corrected chi connectivity index (χ0v) is 30.3. The Morgan fingerprint density at radius 1 is 0.787 bits per heavy atom. The number of aliphatic hydroxyl groups excluding tert-OH is 2. The van der Waals surface area contributed by atoms with Crippen LogP contribution in [0.4, 0.5) is 11.4 Å². The molecule has 2 atom stereocenters. The van der Waals surface area contributed by atoms with Crippen molar-refractivity contribution >= 4 is 51.1 Å². The minimum atomic E-state index is -4.76. The summed E-state index contributed by atoms with van der Waals surface area (Å²) in [5.41, 5.74) is 1.08. The highest BCUT2D eigenvalue weighted by molar-refractivity contribution is 7.94. The Bertz CT molecular complexity index is 1320. The summed E-state index contributed by atoms with van der Waals surface area (Å²) >= 11 is 0.552. The standard InChI is InChI=1S/C25H42N2O16S2Si2/c1-34-46(35-2,36-3)16-40-15-20(28)13-26-19-8-10-22(24(12-19)45(31,32)33)21-9-7-18(11-23(21)44-43-42-30)27-14-25(29)41-17-47(37-4,38-5)39-6/h7-12,20,25-30H,13-17H2,1-6H3,(H,31,32,33). The van der Waals surface area contributed by atoms with Crippen molar-refractivity contribution in [1.82, 2.24) is 0 Å². The van der Waals surface area contributed by atoms with E-state index in [1.807, 2.05) is 0 Å². The Kier molecular flexibility index (Phi) is 17.6. The molecule has 6 N–H and O–H groups in total. The molecule has 0 bridgehead atoms. The van der Waals surface area contributed by atoms with Gasteiger partial charge in [-0.3, -0.25) is 4.55 Å². The SMILES string of the molecule is CO[Si](COCC(O)CNc1ccc(-c2ccc(NCC(O)OC[Si](OC)(OC)OC)cc2SOOO)c(S(=O)(=O)O)c1)(OC)OC. The van der Waals surface area contributed by atoms with E-state index in [4.69, 9.17) is 41.3 Å². The van der Waals surface area contributed by atoms with Crippen LogP contribution in [-0.4, -0.2) is 133 Å². The zero-order valence-electron chi connectivity index (χ0n) is 26.7. The molecule has 22 heteroatoms. The quantitative estimate of drug-likeness (QED) is 0.0223. The first kappa shape index (κ1) is 41.4. The Labute approximate surface area is 279 Å². The Morgan fingerprint density at radius 3 is 1.87 bits per heavy atom. The first-order chi connectivity index (χ1) is 22.3. The topological polar surface area (TPSA) is 231 Å². The van der Waals surface area contributed by atoms with Gasteiger partial charge in [0, 0.05) is 71.0 Å². The molecule has 0 saturated carbocycles. The molecule has 0 aliphatic rings. The van der Waals surface area contributed by atoms with E-state index in [9.17, 15) is 23.2 Å². The molecule has 47 heavy (non-hydrogen) atoms. The van der Waals surface area contributed by atoms with Gasteiger partial charge in [-0.2, -0.15) is 8.42 Å². The maximum atomic E-state index is 12.5. The second-order valence-electron chi connectivity index (χ2n) is 9.41. The second kappa shape index (κ2) is 20.0. The second-order valence-corrected chi connectivity index (χ2v) is 17.3. The summed E-state index contributed by atoms with van der Waals surface area (Å²) < 4.78 is 82.0. The summed E-state index contributed by atoms with van der Waals surface area (Å²) in [5.74, 6) is 0. The van der Waals surface area contributed by atoms with E-state index in [1.54, 1.807) is 6.07 Å². The van der Waals surface area contributed by atoms with E-state index in [1.165, 1.54) is 73.0 Å². The highest BCUT2D eigenvalue weighted by atomic mass is 32.2. The van der Waals surface area contributed by atoms with Crippen LogP contribution in [0.2, 0.25) is 0 Å². The average molecular weight is 747 g/mol. The largest absolute Gasteiger partial charge is 0.527 e. The summed E-state index contributed by atoms with van der Waals surface area (Å²) in [7, 11) is -2.31. The lowest BCUT2D eigenvalue weighted by molar-refractivity contribution is -0.432. The van der Waals surface area contributed by atoms with Gasteiger partial charge in [0.1, 0.15) is 17.4 Å². The van der Waals surface area contributed by atoms with Crippen molar-refractivity contribution in [3.05, 3.63) is 36.4 Å². The van der Waals surface area contributed by atoms with Crippen LogP contribution in [0.5, 0.6) is 0 Å². The Hall–Kier alpha value is -1.79.